The van der Waals surface area contributed by atoms with Crippen LogP contribution in [0.3, 0.4) is 0 Å². The van der Waals surface area contributed by atoms with Gasteiger partial charge < -0.3 is 9.88 Å². The lowest BCUT2D eigenvalue weighted by Gasteiger charge is -2.26. The fraction of sp³-hybridized carbons (Fsp3) is 0.571. The van der Waals surface area contributed by atoms with E-state index in [-0.39, 0.29) is 16.6 Å². The van der Waals surface area contributed by atoms with E-state index in [9.17, 15) is 13.2 Å². The summed E-state index contributed by atoms with van der Waals surface area (Å²) in [6.07, 6.45) is 7.35. The number of carbonyl (C=O) groups is 1. The molecule has 2 heterocycles. The summed E-state index contributed by atoms with van der Waals surface area (Å²) in [6, 6.07) is 4.92. The van der Waals surface area contributed by atoms with E-state index in [0.717, 1.165) is 55.9 Å². The number of aromatic nitrogens is 3. The van der Waals surface area contributed by atoms with E-state index in [1.165, 1.54) is 34.3 Å². The minimum Gasteiger partial charge on any atom is -0.324 e. The van der Waals surface area contributed by atoms with E-state index in [2.05, 4.69) is 20.1 Å². The summed E-state index contributed by atoms with van der Waals surface area (Å²) in [7, 11) is -3.60. The van der Waals surface area contributed by atoms with Crippen LogP contribution in [-0.2, 0) is 14.8 Å². The highest BCUT2D eigenvalue weighted by molar-refractivity contribution is 7.99. The summed E-state index contributed by atoms with van der Waals surface area (Å²) in [5, 5.41) is 12.5. The minimum atomic E-state index is -3.60. The Balaban J connectivity index is 1.26. The molecule has 1 N–H and O–H groups in total. The van der Waals surface area contributed by atoms with Crippen molar-refractivity contribution in [2.75, 3.05) is 24.2 Å². The molecule has 0 radical (unpaired) electrons. The summed E-state index contributed by atoms with van der Waals surface area (Å²) < 4.78 is 29.6. The normalized spacial score (nSPS) is 19.8. The molecule has 0 spiro atoms. The lowest BCUT2D eigenvalue weighted by atomic mass is 10.2. The van der Waals surface area contributed by atoms with Gasteiger partial charge in [-0.1, -0.05) is 29.8 Å². The van der Waals surface area contributed by atoms with Gasteiger partial charge in [-0.2, -0.15) is 4.31 Å². The maximum atomic E-state index is 13.0. The van der Waals surface area contributed by atoms with E-state index >= 15 is 0 Å². The number of nitrogens with one attached hydrogen (secondary N) is 1. The maximum Gasteiger partial charge on any atom is 0.243 e. The Hall–Kier alpha value is -1.62. The van der Waals surface area contributed by atoms with Crippen molar-refractivity contribution in [1.29, 1.82) is 0 Å². The number of rotatable bonds is 8. The quantitative estimate of drug-likeness (QED) is 0.555. The molecule has 1 amide bonds. The number of amides is 1. The first-order valence-corrected chi connectivity index (χ1v) is 13.9. The van der Waals surface area contributed by atoms with Crippen LogP contribution in [0.2, 0.25) is 5.02 Å². The first-order valence-electron chi connectivity index (χ1n) is 11.1. The average Bonchev–Trinajstić information content (AvgIpc) is 3.73. The summed E-state index contributed by atoms with van der Waals surface area (Å²) >= 11 is 7.61. The zero-order valence-corrected chi connectivity index (χ0v) is 20.1. The van der Waals surface area contributed by atoms with Gasteiger partial charge in [-0.25, -0.2) is 8.42 Å². The molecule has 1 aliphatic heterocycles. The van der Waals surface area contributed by atoms with Crippen LogP contribution < -0.4 is 5.32 Å². The third-order valence-corrected chi connectivity index (χ3v) is 9.21. The Morgan fingerprint density at radius 1 is 1.12 bits per heavy atom. The Bertz CT molecular complexity index is 1120. The third-order valence-electron chi connectivity index (χ3n) is 6.04. The van der Waals surface area contributed by atoms with Crippen LogP contribution in [0.15, 0.2) is 28.3 Å². The van der Waals surface area contributed by atoms with Crippen LogP contribution in [0.5, 0.6) is 0 Å². The largest absolute Gasteiger partial charge is 0.324 e. The van der Waals surface area contributed by atoms with Crippen LogP contribution in [0.25, 0.3) is 0 Å². The molecule has 0 atom stereocenters. The number of piperidine rings is 1. The van der Waals surface area contributed by atoms with Gasteiger partial charge in [0.2, 0.25) is 15.9 Å². The summed E-state index contributed by atoms with van der Waals surface area (Å²) in [5.74, 6) is 1.45. The second-order valence-corrected chi connectivity index (χ2v) is 11.9. The van der Waals surface area contributed by atoms with Crippen LogP contribution in [0, 0.1) is 0 Å². The zero-order chi connectivity index (χ0) is 22.3. The maximum absolute atomic E-state index is 13.0. The van der Waals surface area contributed by atoms with Crippen molar-refractivity contribution in [3.05, 3.63) is 29.0 Å². The summed E-state index contributed by atoms with van der Waals surface area (Å²) in [4.78, 5) is 12.8. The molecule has 0 bridgehead atoms. The predicted octanol–water partition coefficient (Wildman–Crippen LogP) is 4.05. The highest BCUT2D eigenvalue weighted by Gasteiger charge is 2.36. The number of sulfonamides is 1. The molecule has 172 valence electrons. The van der Waals surface area contributed by atoms with Gasteiger partial charge >= 0.3 is 0 Å². The van der Waals surface area contributed by atoms with E-state index in [1.54, 1.807) is 0 Å². The third kappa shape index (κ3) is 4.69. The van der Waals surface area contributed by atoms with Crippen molar-refractivity contribution in [1.82, 2.24) is 19.1 Å². The van der Waals surface area contributed by atoms with Crippen molar-refractivity contribution in [2.24, 2.45) is 0 Å². The van der Waals surface area contributed by atoms with Gasteiger partial charge in [0.05, 0.1) is 21.4 Å². The van der Waals surface area contributed by atoms with Gasteiger partial charge in [0.1, 0.15) is 5.82 Å². The van der Waals surface area contributed by atoms with Gasteiger partial charge in [-0.3, -0.25) is 4.79 Å². The fourth-order valence-electron chi connectivity index (χ4n) is 4.01. The van der Waals surface area contributed by atoms with Gasteiger partial charge in [-0.15, -0.1) is 10.2 Å². The molecule has 1 aromatic carbocycles. The highest BCUT2D eigenvalue weighted by atomic mass is 35.5. The number of carbonyl (C=O) groups excluding carboxylic acids is 1. The van der Waals surface area contributed by atoms with E-state index in [1.807, 2.05) is 0 Å². The number of thioether (sulfide) groups is 1. The summed E-state index contributed by atoms with van der Waals surface area (Å²) in [6.45, 7) is 1.04. The predicted molar refractivity (Wildman–Crippen MR) is 124 cm³/mol. The Morgan fingerprint density at radius 3 is 2.56 bits per heavy atom. The lowest BCUT2D eigenvalue weighted by Crippen LogP contribution is -2.35. The Kier molecular flexibility index (Phi) is 6.21. The molecule has 2 aliphatic carbocycles. The van der Waals surface area contributed by atoms with E-state index < -0.39 is 10.0 Å². The molecule has 3 aliphatic rings. The highest BCUT2D eigenvalue weighted by Crippen LogP contribution is 2.46. The zero-order valence-electron chi connectivity index (χ0n) is 17.7. The molecular formula is C21H26ClN5O3S2. The molecule has 11 heteroatoms. The minimum absolute atomic E-state index is 0.148. The fourth-order valence-corrected chi connectivity index (χ4v) is 6.54. The second kappa shape index (κ2) is 8.96. The van der Waals surface area contributed by atoms with Gasteiger partial charge in [-0.05, 0) is 56.7 Å². The first-order chi connectivity index (χ1) is 15.4. The molecule has 0 unspecified atom stereocenters. The van der Waals surface area contributed by atoms with Gasteiger partial charge in [0.25, 0.3) is 0 Å². The van der Waals surface area contributed by atoms with Crippen LogP contribution >= 0.6 is 23.4 Å². The number of nitrogens with zero attached hydrogens (tertiary/aromatic N) is 4. The lowest BCUT2D eigenvalue weighted by molar-refractivity contribution is -0.113. The van der Waals surface area contributed by atoms with Gasteiger partial charge in [0.15, 0.2) is 5.16 Å². The second-order valence-electron chi connectivity index (χ2n) is 8.66. The molecule has 8 nitrogen and oxygen atoms in total. The number of anilines is 1. The summed E-state index contributed by atoms with van der Waals surface area (Å²) in [5.41, 5.74) is 0.303. The molecular weight excluding hydrogens is 470 g/mol. The number of hydrogen-bond donors (Lipinski definition) is 1. The smallest absolute Gasteiger partial charge is 0.243 e. The van der Waals surface area contributed by atoms with Crippen LogP contribution in [0.1, 0.15) is 62.7 Å². The molecule has 1 saturated heterocycles. The topological polar surface area (TPSA) is 97.2 Å². The molecule has 32 heavy (non-hydrogen) atoms. The first kappa shape index (κ1) is 22.2. The van der Waals surface area contributed by atoms with Crippen molar-refractivity contribution < 1.29 is 13.2 Å². The molecule has 3 fully saturated rings. The molecule has 2 aromatic rings. The SMILES string of the molecule is O=C(CSc1nnc(C2CC2)n1C1CC1)Nc1cc(S(=O)(=O)N2CCCCC2)ccc1Cl. The molecule has 5 rings (SSSR count). The van der Waals surface area contributed by atoms with Gasteiger partial charge in [0, 0.05) is 25.0 Å². The number of benzene rings is 1. The number of halogens is 1. The van der Waals surface area contributed by atoms with Crippen molar-refractivity contribution in [3.8, 4) is 0 Å². The van der Waals surface area contributed by atoms with Crippen molar-refractivity contribution in [3.63, 3.8) is 0 Å². The van der Waals surface area contributed by atoms with Crippen molar-refractivity contribution >= 4 is 45.0 Å². The monoisotopic (exact) mass is 495 g/mol. The Labute approximate surface area is 197 Å². The van der Waals surface area contributed by atoms with Crippen LogP contribution in [0.4, 0.5) is 5.69 Å². The molecule has 2 saturated carbocycles. The van der Waals surface area contributed by atoms with Crippen LogP contribution in [-0.4, -0.2) is 52.2 Å². The number of hydrogen-bond acceptors (Lipinski definition) is 6. The molecule has 1 aromatic heterocycles. The van der Waals surface area contributed by atoms with Crippen molar-refractivity contribution in [2.45, 2.75) is 67.0 Å². The average molecular weight is 496 g/mol. The standard InChI is InChI=1S/C21H26ClN5O3S2/c22-17-9-8-16(32(29,30)26-10-2-1-3-11-26)12-18(17)23-19(28)13-31-21-25-24-20(14-4-5-14)27(21)15-6-7-15/h8-9,12,14-15H,1-7,10-11,13H2,(H,23,28). The van der Waals surface area contributed by atoms with E-state index in [4.69, 9.17) is 11.6 Å². The Morgan fingerprint density at radius 2 is 1.88 bits per heavy atom. The van der Waals surface area contributed by atoms with E-state index in [0.29, 0.717) is 35.8 Å².